The molecule has 3 heterocycles. The molecule has 2 aliphatic heterocycles. The number of nitrogens with one attached hydrogen (secondary N) is 1. The molecule has 3 heteroatoms. The number of H-pyrrole nitrogens is 1. The summed E-state index contributed by atoms with van der Waals surface area (Å²) in [6.07, 6.45) is 13.6. The van der Waals surface area contributed by atoms with Gasteiger partial charge in [-0.1, -0.05) is 6.08 Å². The Morgan fingerprint density at radius 3 is 2.80 bits per heavy atom. The van der Waals surface area contributed by atoms with Gasteiger partial charge in [0, 0.05) is 5.54 Å². The fraction of sp³-hybridized carbons (Fsp3) is 0.583. The Morgan fingerprint density at radius 2 is 2.13 bits per heavy atom. The third kappa shape index (κ3) is 1.51. The highest BCUT2D eigenvalue weighted by Crippen LogP contribution is 2.40. The summed E-state index contributed by atoms with van der Waals surface area (Å²) in [4.78, 5) is 9.79. The average Bonchev–Trinajstić information content (AvgIpc) is 2.91. The summed E-state index contributed by atoms with van der Waals surface area (Å²) in [6.45, 7) is 2.57. The summed E-state index contributed by atoms with van der Waals surface area (Å²) in [5.74, 6) is 0. The monoisotopic (exact) mass is 203 g/mol. The number of hydrogen-bond donors (Lipinski definition) is 1. The molecule has 1 aromatic rings. The first kappa shape index (κ1) is 9.16. The minimum atomic E-state index is 0.380. The topological polar surface area (TPSA) is 31.9 Å². The van der Waals surface area contributed by atoms with Crippen molar-refractivity contribution in [3.05, 3.63) is 24.3 Å². The maximum atomic E-state index is 4.03. The number of fused-ring (bicyclic) bond motifs is 1. The quantitative estimate of drug-likeness (QED) is 0.797. The largest absolute Gasteiger partial charge is 0.345 e. The van der Waals surface area contributed by atoms with Crippen molar-refractivity contribution in [1.82, 2.24) is 14.9 Å². The molecule has 1 N–H and O–H groups in total. The molecule has 3 nitrogen and oxygen atoms in total. The highest BCUT2D eigenvalue weighted by atomic mass is 15.2. The van der Waals surface area contributed by atoms with Gasteiger partial charge < -0.3 is 4.98 Å². The molecule has 0 radical (unpaired) electrons. The summed E-state index contributed by atoms with van der Waals surface area (Å²) >= 11 is 0. The van der Waals surface area contributed by atoms with E-state index in [1.807, 2.05) is 6.20 Å². The van der Waals surface area contributed by atoms with Crippen LogP contribution >= 0.6 is 0 Å². The van der Waals surface area contributed by atoms with Crippen molar-refractivity contribution in [3.63, 3.8) is 0 Å². The van der Waals surface area contributed by atoms with E-state index in [-0.39, 0.29) is 0 Å². The molecule has 0 atom stereocenters. The Hall–Kier alpha value is -1.09. The lowest BCUT2D eigenvalue weighted by Crippen LogP contribution is -2.35. The van der Waals surface area contributed by atoms with Crippen molar-refractivity contribution in [2.75, 3.05) is 13.1 Å². The number of aromatic amines is 1. The van der Waals surface area contributed by atoms with Gasteiger partial charge in [0.2, 0.25) is 0 Å². The van der Waals surface area contributed by atoms with Crippen LogP contribution in [-0.2, 0) is 0 Å². The van der Waals surface area contributed by atoms with Crippen molar-refractivity contribution in [1.29, 1.82) is 0 Å². The van der Waals surface area contributed by atoms with Crippen molar-refractivity contribution in [2.45, 2.75) is 31.2 Å². The highest BCUT2D eigenvalue weighted by Gasteiger charge is 2.41. The normalized spacial score (nSPS) is 25.1. The molecule has 2 aliphatic rings. The second-order valence-corrected chi connectivity index (χ2v) is 4.64. The van der Waals surface area contributed by atoms with Crippen LogP contribution in [0.1, 0.15) is 31.4 Å². The van der Waals surface area contributed by atoms with Gasteiger partial charge in [-0.3, -0.25) is 4.90 Å². The Kier molecular flexibility index (Phi) is 2.13. The number of nitrogens with zero attached hydrogens (tertiary/aromatic N) is 2. The fourth-order valence-electron chi connectivity index (χ4n) is 3.03. The molecule has 0 aliphatic carbocycles. The van der Waals surface area contributed by atoms with Crippen molar-refractivity contribution in [2.24, 2.45) is 0 Å². The number of aromatic nitrogens is 2. The third-order valence-electron chi connectivity index (χ3n) is 3.80. The van der Waals surface area contributed by atoms with E-state index in [4.69, 9.17) is 0 Å². The molecule has 80 valence electrons. The van der Waals surface area contributed by atoms with Gasteiger partial charge >= 0.3 is 0 Å². The van der Waals surface area contributed by atoms with E-state index in [9.17, 15) is 0 Å². The molecule has 0 amide bonds. The second kappa shape index (κ2) is 3.49. The second-order valence-electron chi connectivity index (χ2n) is 4.64. The zero-order chi connectivity index (χ0) is 10.1. The van der Waals surface area contributed by atoms with Gasteiger partial charge in [-0.15, -0.1) is 0 Å². The zero-order valence-electron chi connectivity index (χ0n) is 8.95. The first-order chi connectivity index (χ1) is 7.39. The molecule has 0 saturated carbocycles. The predicted molar refractivity (Wildman–Crippen MR) is 60.4 cm³/mol. The smallest absolute Gasteiger partial charge is 0.0924 e. The van der Waals surface area contributed by atoms with Crippen molar-refractivity contribution >= 4 is 6.08 Å². The van der Waals surface area contributed by atoms with E-state index in [0.717, 1.165) is 5.69 Å². The molecule has 2 saturated heterocycles. The maximum Gasteiger partial charge on any atom is 0.0924 e. The van der Waals surface area contributed by atoms with Crippen LogP contribution in [0, 0.1) is 0 Å². The molecule has 0 unspecified atom stereocenters. The van der Waals surface area contributed by atoms with E-state index in [1.165, 1.54) is 38.8 Å². The van der Waals surface area contributed by atoms with Gasteiger partial charge in [0.05, 0.1) is 18.2 Å². The number of imidazole rings is 1. The van der Waals surface area contributed by atoms with Crippen LogP contribution in [0.3, 0.4) is 0 Å². The molecule has 0 spiro atoms. The highest BCUT2D eigenvalue weighted by molar-refractivity contribution is 5.46. The summed E-state index contributed by atoms with van der Waals surface area (Å²) in [5, 5.41) is 0. The molecule has 0 aromatic carbocycles. The van der Waals surface area contributed by atoms with Gasteiger partial charge in [0.15, 0.2) is 0 Å². The molecule has 15 heavy (non-hydrogen) atoms. The lowest BCUT2D eigenvalue weighted by atomic mass is 9.93. The Balaban J connectivity index is 1.81. The minimum absolute atomic E-state index is 0.380. The van der Waals surface area contributed by atoms with Crippen molar-refractivity contribution < 1.29 is 0 Å². The SMILES string of the molecule is C(=C\C12CCCN1CCC2)/c1cnc[nH]1. The van der Waals surface area contributed by atoms with Crippen LogP contribution in [0.15, 0.2) is 18.6 Å². The van der Waals surface area contributed by atoms with Crippen LogP contribution in [0.25, 0.3) is 6.08 Å². The first-order valence-electron chi connectivity index (χ1n) is 5.82. The van der Waals surface area contributed by atoms with Crippen LogP contribution in [0.2, 0.25) is 0 Å². The lowest BCUT2D eigenvalue weighted by molar-refractivity contribution is 0.251. The molecule has 2 fully saturated rings. The first-order valence-corrected chi connectivity index (χ1v) is 5.82. The Labute approximate surface area is 90.2 Å². The minimum Gasteiger partial charge on any atom is -0.345 e. The zero-order valence-corrected chi connectivity index (χ0v) is 8.95. The van der Waals surface area contributed by atoms with E-state index in [0.29, 0.717) is 5.54 Å². The van der Waals surface area contributed by atoms with Gasteiger partial charge in [0.1, 0.15) is 0 Å². The predicted octanol–water partition coefficient (Wildman–Crippen LogP) is 2.05. The van der Waals surface area contributed by atoms with Gasteiger partial charge in [0.25, 0.3) is 0 Å². The number of rotatable bonds is 2. The Morgan fingerprint density at radius 1 is 1.33 bits per heavy atom. The molecular formula is C12H17N3. The van der Waals surface area contributed by atoms with Crippen LogP contribution in [0.4, 0.5) is 0 Å². The summed E-state index contributed by atoms with van der Waals surface area (Å²) < 4.78 is 0. The van der Waals surface area contributed by atoms with Gasteiger partial charge in [-0.25, -0.2) is 4.98 Å². The fourth-order valence-corrected chi connectivity index (χ4v) is 3.03. The van der Waals surface area contributed by atoms with Crippen molar-refractivity contribution in [3.8, 4) is 0 Å². The average molecular weight is 203 g/mol. The summed E-state index contributed by atoms with van der Waals surface area (Å²) in [6, 6.07) is 0. The van der Waals surface area contributed by atoms with Gasteiger partial charge in [-0.05, 0) is 44.8 Å². The van der Waals surface area contributed by atoms with E-state index in [1.54, 1.807) is 6.33 Å². The van der Waals surface area contributed by atoms with E-state index >= 15 is 0 Å². The van der Waals surface area contributed by atoms with Crippen LogP contribution < -0.4 is 0 Å². The Bertz CT molecular complexity index is 343. The van der Waals surface area contributed by atoms with Crippen LogP contribution in [-0.4, -0.2) is 33.5 Å². The van der Waals surface area contributed by atoms with E-state index in [2.05, 4.69) is 27.0 Å². The standard InChI is InChI=1S/C12H17N3/c1-4-12(5-2-8-15(12)7-1)6-3-11-9-13-10-14-11/h3,6,9-10H,1-2,4-5,7-8H2,(H,13,14)/b6-3+. The molecule has 1 aromatic heterocycles. The summed E-state index contributed by atoms with van der Waals surface area (Å²) in [7, 11) is 0. The molecule has 0 bridgehead atoms. The van der Waals surface area contributed by atoms with E-state index < -0.39 is 0 Å². The van der Waals surface area contributed by atoms with Gasteiger partial charge in [-0.2, -0.15) is 0 Å². The van der Waals surface area contributed by atoms with Crippen LogP contribution in [0.5, 0.6) is 0 Å². The molecular weight excluding hydrogens is 186 g/mol. The lowest BCUT2D eigenvalue weighted by Gasteiger charge is -2.28. The number of hydrogen-bond acceptors (Lipinski definition) is 2. The maximum absolute atomic E-state index is 4.03. The molecule has 3 rings (SSSR count). The summed E-state index contributed by atoms with van der Waals surface area (Å²) in [5.41, 5.74) is 1.49. The third-order valence-corrected chi connectivity index (χ3v) is 3.80.